The van der Waals surface area contributed by atoms with E-state index in [1.54, 1.807) is 0 Å². The number of para-hydroxylation sites is 2. The van der Waals surface area contributed by atoms with Crippen LogP contribution in [-0.4, -0.2) is 19.0 Å². The second-order valence-electron chi connectivity index (χ2n) is 3.96. The summed E-state index contributed by atoms with van der Waals surface area (Å²) in [5.74, 6) is 1.49. The van der Waals surface area contributed by atoms with Crippen LogP contribution in [0.15, 0.2) is 24.3 Å². The first kappa shape index (κ1) is 13.4. The fourth-order valence-electron chi connectivity index (χ4n) is 1.21. The van der Waals surface area contributed by atoms with Gasteiger partial charge in [0, 0.05) is 5.92 Å². The molecule has 1 aromatic carbocycles. The van der Waals surface area contributed by atoms with Crippen LogP contribution in [-0.2, 0) is 0 Å². The third-order valence-corrected chi connectivity index (χ3v) is 2.33. The molecule has 0 aliphatic heterocycles. The highest BCUT2D eigenvalue weighted by Crippen LogP contribution is 2.26. The van der Waals surface area contributed by atoms with Gasteiger partial charge in [-0.2, -0.15) is 0 Å². The SMILES string of the molecule is CCCOc1ccccc1OCC(C)C(=N)N. The molecular weight excluding hydrogens is 216 g/mol. The Morgan fingerprint density at radius 3 is 2.41 bits per heavy atom. The van der Waals surface area contributed by atoms with E-state index < -0.39 is 0 Å². The summed E-state index contributed by atoms with van der Waals surface area (Å²) < 4.78 is 11.2. The molecule has 0 bridgehead atoms. The Morgan fingerprint density at radius 2 is 1.88 bits per heavy atom. The van der Waals surface area contributed by atoms with Gasteiger partial charge in [-0.1, -0.05) is 26.0 Å². The molecule has 0 amide bonds. The lowest BCUT2D eigenvalue weighted by Gasteiger charge is -2.14. The minimum atomic E-state index is -0.0887. The fourth-order valence-corrected chi connectivity index (χ4v) is 1.21. The maximum absolute atomic E-state index is 7.30. The van der Waals surface area contributed by atoms with Gasteiger partial charge in [-0.25, -0.2) is 0 Å². The van der Waals surface area contributed by atoms with Gasteiger partial charge in [-0.3, -0.25) is 5.41 Å². The van der Waals surface area contributed by atoms with Gasteiger partial charge in [0.05, 0.1) is 19.0 Å². The smallest absolute Gasteiger partial charge is 0.161 e. The van der Waals surface area contributed by atoms with Gasteiger partial charge in [0.25, 0.3) is 0 Å². The summed E-state index contributed by atoms with van der Waals surface area (Å²) >= 11 is 0. The molecule has 3 N–H and O–H groups in total. The van der Waals surface area contributed by atoms with Gasteiger partial charge >= 0.3 is 0 Å². The van der Waals surface area contributed by atoms with E-state index in [4.69, 9.17) is 20.6 Å². The first-order valence-corrected chi connectivity index (χ1v) is 5.83. The first-order chi connectivity index (χ1) is 8.15. The molecule has 94 valence electrons. The number of rotatable bonds is 7. The van der Waals surface area contributed by atoms with Crippen LogP contribution in [0.5, 0.6) is 11.5 Å². The molecule has 0 aliphatic carbocycles. The molecular formula is C13H20N2O2. The fraction of sp³-hybridized carbons (Fsp3) is 0.462. The molecule has 0 saturated carbocycles. The zero-order valence-corrected chi connectivity index (χ0v) is 10.4. The summed E-state index contributed by atoms with van der Waals surface area (Å²) in [6.45, 7) is 4.98. The van der Waals surface area contributed by atoms with E-state index in [-0.39, 0.29) is 11.8 Å². The van der Waals surface area contributed by atoms with E-state index in [0.29, 0.717) is 19.0 Å². The molecule has 0 heterocycles. The second-order valence-corrected chi connectivity index (χ2v) is 3.96. The molecule has 1 unspecified atom stereocenters. The highest BCUT2D eigenvalue weighted by Gasteiger charge is 2.09. The van der Waals surface area contributed by atoms with Crippen LogP contribution in [0.25, 0.3) is 0 Å². The lowest BCUT2D eigenvalue weighted by molar-refractivity contribution is 0.256. The summed E-state index contributed by atoms with van der Waals surface area (Å²) in [5.41, 5.74) is 5.39. The number of amidine groups is 1. The Morgan fingerprint density at radius 1 is 1.29 bits per heavy atom. The van der Waals surface area contributed by atoms with Crippen molar-refractivity contribution >= 4 is 5.84 Å². The molecule has 0 aromatic heterocycles. The van der Waals surface area contributed by atoms with E-state index in [0.717, 1.165) is 12.2 Å². The lowest BCUT2D eigenvalue weighted by Crippen LogP contribution is -2.25. The molecule has 1 atom stereocenters. The monoisotopic (exact) mass is 236 g/mol. The molecule has 4 heteroatoms. The van der Waals surface area contributed by atoms with Crippen molar-refractivity contribution in [1.29, 1.82) is 5.41 Å². The Kier molecular flexibility index (Phi) is 5.33. The minimum absolute atomic E-state index is 0.0887. The summed E-state index contributed by atoms with van der Waals surface area (Å²) in [4.78, 5) is 0. The molecule has 17 heavy (non-hydrogen) atoms. The number of hydrogen-bond donors (Lipinski definition) is 2. The van der Waals surface area contributed by atoms with Crippen LogP contribution < -0.4 is 15.2 Å². The normalized spacial score (nSPS) is 11.9. The predicted molar refractivity (Wildman–Crippen MR) is 68.8 cm³/mol. The number of nitrogens with two attached hydrogens (primary N) is 1. The average Bonchev–Trinajstić information content (AvgIpc) is 2.34. The van der Waals surface area contributed by atoms with Crippen molar-refractivity contribution < 1.29 is 9.47 Å². The average molecular weight is 236 g/mol. The van der Waals surface area contributed by atoms with Gasteiger partial charge < -0.3 is 15.2 Å². The molecule has 0 aliphatic rings. The molecule has 1 rings (SSSR count). The summed E-state index contributed by atoms with van der Waals surface area (Å²) in [7, 11) is 0. The molecule has 0 spiro atoms. The van der Waals surface area contributed by atoms with Crippen LogP contribution in [0, 0.1) is 11.3 Å². The zero-order chi connectivity index (χ0) is 12.7. The number of ether oxygens (including phenoxy) is 2. The third-order valence-electron chi connectivity index (χ3n) is 2.33. The number of benzene rings is 1. The summed E-state index contributed by atoms with van der Waals surface area (Å²) in [6, 6.07) is 7.54. The molecule has 0 fully saturated rings. The van der Waals surface area contributed by atoms with Gasteiger partial charge in [-0.15, -0.1) is 0 Å². The van der Waals surface area contributed by atoms with Crippen LogP contribution in [0.3, 0.4) is 0 Å². The van der Waals surface area contributed by atoms with Gasteiger partial charge in [-0.05, 0) is 18.6 Å². The van der Waals surface area contributed by atoms with Gasteiger partial charge in [0.2, 0.25) is 0 Å². The highest BCUT2D eigenvalue weighted by molar-refractivity contribution is 5.79. The zero-order valence-electron chi connectivity index (χ0n) is 10.4. The first-order valence-electron chi connectivity index (χ1n) is 5.83. The molecule has 4 nitrogen and oxygen atoms in total. The topological polar surface area (TPSA) is 68.3 Å². The molecule has 1 aromatic rings. The lowest BCUT2D eigenvalue weighted by atomic mass is 10.2. The maximum atomic E-state index is 7.30. The third kappa shape index (κ3) is 4.34. The second kappa shape index (κ2) is 6.78. The predicted octanol–water partition coefficient (Wildman–Crippen LogP) is 2.43. The van der Waals surface area contributed by atoms with Crippen molar-refractivity contribution in [3.63, 3.8) is 0 Å². The molecule has 0 saturated heterocycles. The van der Waals surface area contributed by atoms with E-state index in [1.807, 2.05) is 31.2 Å². The van der Waals surface area contributed by atoms with Gasteiger partial charge in [0.15, 0.2) is 11.5 Å². The Bertz CT molecular complexity index is 366. The van der Waals surface area contributed by atoms with Crippen LogP contribution >= 0.6 is 0 Å². The molecule has 0 radical (unpaired) electrons. The largest absolute Gasteiger partial charge is 0.490 e. The van der Waals surface area contributed by atoms with Gasteiger partial charge in [0.1, 0.15) is 0 Å². The summed E-state index contributed by atoms with van der Waals surface area (Å²) in [6.07, 6.45) is 0.957. The number of hydrogen-bond acceptors (Lipinski definition) is 3. The van der Waals surface area contributed by atoms with E-state index in [1.165, 1.54) is 0 Å². The maximum Gasteiger partial charge on any atom is 0.161 e. The highest BCUT2D eigenvalue weighted by atomic mass is 16.5. The Balaban J connectivity index is 2.60. The van der Waals surface area contributed by atoms with Crippen molar-refractivity contribution in [1.82, 2.24) is 0 Å². The van der Waals surface area contributed by atoms with Crippen molar-refractivity contribution in [2.75, 3.05) is 13.2 Å². The number of nitrogens with one attached hydrogen (secondary N) is 1. The van der Waals surface area contributed by atoms with Crippen molar-refractivity contribution in [3.8, 4) is 11.5 Å². The van der Waals surface area contributed by atoms with Crippen molar-refractivity contribution in [3.05, 3.63) is 24.3 Å². The van der Waals surface area contributed by atoms with Crippen molar-refractivity contribution in [2.24, 2.45) is 11.7 Å². The standard InChI is InChI=1S/C13H20N2O2/c1-3-8-16-11-6-4-5-7-12(11)17-9-10(2)13(14)15/h4-7,10H,3,8-9H2,1-2H3,(H3,14,15). The van der Waals surface area contributed by atoms with E-state index >= 15 is 0 Å². The van der Waals surface area contributed by atoms with E-state index in [2.05, 4.69) is 6.92 Å². The van der Waals surface area contributed by atoms with E-state index in [9.17, 15) is 0 Å². The summed E-state index contributed by atoms with van der Waals surface area (Å²) in [5, 5.41) is 7.30. The van der Waals surface area contributed by atoms with Crippen LogP contribution in [0.2, 0.25) is 0 Å². The van der Waals surface area contributed by atoms with Crippen molar-refractivity contribution in [2.45, 2.75) is 20.3 Å². The van der Waals surface area contributed by atoms with Crippen LogP contribution in [0.4, 0.5) is 0 Å². The Hall–Kier alpha value is -1.71. The van der Waals surface area contributed by atoms with Crippen LogP contribution in [0.1, 0.15) is 20.3 Å². The minimum Gasteiger partial charge on any atom is -0.490 e. The Labute approximate surface area is 102 Å². The quantitative estimate of drug-likeness (QED) is 0.564.